The molecule has 2 rings (SSSR count). The van der Waals surface area contributed by atoms with Crippen molar-refractivity contribution in [3.05, 3.63) is 29.3 Å². The number of fused-ring (bicyclic) bond motifs is 1. The van der Waals surface area contributed by atoms with Gasteiger partial charge in [0.15, 0.2) is 0 Å². The van der Waals surface area contributed by atoms with Crippen molar-refractivity contribution >= 4 is 5.69 Å². The Labute approximate surface area is 92.7 Å². The molecule has 16 heavy (non-hydrogen) atoms. The van der Waals surface area contributed by atoms with Crippen molar-refractivity contribution in [1.82, 2.24) is 0 Å². The van der Waals surface area contributed by atoms with Crippen molar-refractivity contribution in [1.29, 1.82) is 0 Å². The maximum atomic E-state index is 12.5. The third-order valence-electron chi connectivity index (χ3n) is 3.23. The second kappa shape index (κ2) is 3.40. The van der Waals surface area contributed by atoms with Gasteiger partial charge in [0.2, 0.25) is 0 Å². The monoisotopic (exact) mass is 229 g/mol. The molecule has 1 aliphatic rings. The van der Waals surface area contributed by atoms with Crippen molar-refractivity contribution in [3.8, 4) is 0 Å². The van der Waals surface area contributed by atoms with Crippen molar-refractivity contribution in [2.75, 3.05) is 5.32 Å². The molecule has 1 aliphatic heterocycles. The van der Waals surface area contributed by atoms with Crippen LogP contribution >= 0.6 is 0 Å². The summed E-state index contributed by atoms with van der Waals surface area (Å²) in [5, 5.41) is 3.17. The standard InChI is InChI=1S/C12H14F3N/c1-3-11(2)7-8-4-5-9(12(13,14)15)6-10(8)16-11/h4-6,16H,3,7H2,1-2H3. The Morgan fingerprint density at radius 1 is 1.38 bits per heavy atom. The molecule has 0 radical (unpaired) electrons. The number of benzene rings is 1. The molecule has 1 atom stereocenters. The van der Waals surface area contributed by atoms with Gasteiger partial charge < -0.3 is 5.32 Å². The SMILES string of the molecule is CCC1(C)Cc2ccc(C(F)(F)F)cc2N1. The summed E-state index contributed by atoms with van der Waals surface area (Å²) in [5.74, 6) is 0. The van der Waals surface area contributed by atoms with Gasteiger partial charge in [-0.1, -0.05) is 13.0 Å². The predicted octanol–water partition coefficient (Wildman–Crippen LogP) is 3.84. The van der Waals surface area contributed by atoms with Crippen molar-refractivity contribution in [2.24, 2.45) is 0 Å². The van der Waals surface area contributed by atoms with E-state index in [9.17, 15) is 13.2 Å². The fourth-order valence-corrected chi connectivity index (χ4v) is 2.03. The van der Waals surface area contributed by atoms with Crippen molar-refractivity contribution in [2.45, 2.75) is 38.4 Å². The Morgan fingerprint density at radius 2 is 2.06 bits per heavy atom. The Kier molecular flexibility index (Phi) is 2.40. The number of hydrogen-bond acceptors (Lipinski definition) is 1. The number of halogens is 3. The van der Waals surface area contributed by atoms with E-state index in [-0.39, 0.29) is 5.54 Å². The highest BCUT2D eigenvalue weighted by molar-refractivity contribution is 5.60. The third-order valence-corrected chi connectivity index (χ3v) is 3.23. The fraction of sp³-hybridized carbons (Fsp3) is 0.500. The molecule has 1 aromatic rings. The van der Waals surface area contributed by atoms with E-state index in [1.54, 1.807) is 6.07 Å². The number of rotatable bonds is 1. The van der Waals surface area contributed by atoms with Gasteiger partial charge in [0.05, 0.1) is 5.56 Å². The lowest BCUT2D eigenvalue weighted by Gasteiger charge is -2.22. The lowest BCUT2D eigenvalue weighted by Crippen LogP contribution is -2.30. The summed E-state index contributed by atoms with van der Waals surface area (Å²) in [5.41, 5.74) is 0.905. The molecule has 0 bridgehead atoms. The van der Waals surface area contributed by atoms with Crippen LogP contribution in [0.1, 0.15) is 31.4 Å². The van der Waals surface area contributed by atoms with Crippen LogP contribution in [0.25, 0.3) is 0 Å². The number of nitrogens with one attached hydrogen (secondary N) is 1. The second-order valence-corrected chi connectivity index (χ2v) is 4.59. The summed E-state index contributed by atoms with van der Waals surface area (Å²) < 4.78 is 37.5. The van der Waals surface area contributed by atoms with Gasteiger partial charge in [-0.25, -0.2) is 0 Å². The summed E-state index contributed by atoms with van der Waals surface area (Å²) in [6.45, 7) is 4.06. The molecule has 0 aromatic heterocycles. The first-order valence-electron chi connectivity index (χ1n) is 5.32. The average Bonchev–Trinajstić information content (AvgIpc) is 2.52. The van der Waals surface area contributed by atoms with Gasteiger partial charge in [0.1, 0.15) is 0 Å². The van der Waals surface area contributed by atoms with Crippen LogP contribution in [0.3, 0.4) is 0 Å². The summed E-state index contributed by atoms with van der Waals surface area (Å²) in [6, 6.07) is 3.93. The molecule has 88 valence electrons. The largest absolute Gasteiger partial charge is 0.416 e. The van der Waals surface area contributed by atoms with Gasteiger partial charge in [-0.3, -0.25) is 0 Å². The van der Waals surface area contributed by atoms with Gasteiger partial charge in [0.25, 0.3) is 0 Å². The molecule has 1 unspecified atom stereocenters. The van der Waals surface area contributed by atoms with E-state index in [0.717, 1.165) is 24.5 Å². The van der Waals surface area contributed by atoms with Gasteiger partial charge in [-0.2, -0.15) is 13.2 Å². The molecule has 0 spiro atoms. The fourth-order valence-electron chi connectivity index (χ4n) is 2.03. The van der Waals surface area contributed by atoms with E-state index in [4.69, 9.17) is 0 Å². The Hall–Kier alpha value is -1.19. The molecule has 4 heteroatoms. The van der Waals surface area contributed by atoms with Crippen molar-refractivity contribution in [3.63, 3.8) is 0 Å². The molecule has 0 amide bonds. The van der Waals surface area contributed by atoms with Crippen LogP contribution in [0.5, 0.6) is 0 Å². The first-order chi connectivity index (χ1) is 7.34. The lowest BCUT2D eigenvalue weighted by molar-refractivity contribution is -0.137. The molecule has 1 N–H and O–H groups in total. The van der Waals surface area contributed by atoms with E-state index < -0.39 is 11.7 Å². The molecule has 1 nitrogen and oxygen atoms in total. The van der Waals surface area contributed by atoms with E-state index in [1.807, 2.05) is 13.8 Å². The molecular weight excluding hydrogens is 215 g/mol. The van der Waals surface area contributed by atoms with Crippen LogP contribution in [0.4, 0.5) is 18.9 Å². The highest BCUT2D eigenvalue weighted by Crippen LogP contribution is 2.38. The number of anilines is 1. The first kappa shape index (κ1) is 11.3. The first-order valence-corrected chi connectivity index (χ1v) is 5.32. The van der Waals surface area contributed by atoms with Gasteiger partial charge in [0, 0.05) is 11.2 Å². The van der Waals surface area contributed by atoms with Crippen molar-refractivity contribution < 1.29 is 13.2 Å². The molecule has 0 saturated carbocycles. The molecule has 0 saturated heterocycles. The number of hydrogen-bond donors (Lipinski definition) is 1. The van der Waals surface area contributed by atoms with Gasteiger partial charge in [-0.05, 0) is 37.5 Å². The Balaban J connectivity index is 2.35. The topological polar surface area (TPSA) is 12.0 Å². The highest BCUT2D eigenvalue weighted by atomic mass is 19.4. The van der Waals surface area contributed by atoms with Crippen LogP contribution in [0, 0.1) is 0 Å². The van der Waals surface area contributed by atoms with Gasteiger partial charge in [-0.15, -0.1) is 0 Å². The van der Waals surface area contributed by atoms with Crippen LogP contribution in [0.15, 0.2) is 18.2 Å². The maximum absolute atomic E-state index is 12.5. The summed E-state index contributed by atoms with van der Waals surface area (Å²) in [6.07, 6.45) is -2.58. The summed E-state index contributed by atoms with van der Waals surface area (Å²) >= 11 is 0. The average molecular weight is 229 g/mol. The summed E-state index contributed by atoms with van der Waals surface area (Å²) in [7, 11) is 0. The Bertz CT molecular complexity index is 411. The quantitative estimate of drug-likeness (QED) is 0.771. The molecule has 1 heterocycles. The van der Waals surface area contributed by atoms with Gasteiger partial charge >= 0.3 is 6.18 Å². The van der Waals surface area contributed by atoms with Crippen LogP contribution in [0.2, 0.25) is 0 Å². The highest BCUT2D eigenvalue weighted by Gasteiger charge is 2.35. The lowest BCUT2D eigenvalue weighted by atomic mass is 9.95. The maximum Gasteiger partial charge on any atom is 0.416 e. The van der Waals surface area contributed by atoms with Crippen LogP contribution < -0.4 is 5.32 Å². The zero-order chi connectivity index (χ0) is 12.0. The molecule has 0 fully saturated rings. The minimum absolute atomic E-state index is 0.105. The third kappa shape index (κ3) is 1.88. The predicted molar refractivity (Wildman–Crippen MR) is 57.5 cm³/mol. The summed E-state index contributed by atoms with van der Waals surface area (Å²) in [4.78, 5) is 0. The zero-order valence-electron chi connectivity index (χ0n) is 9.28. The van der Waals surface area contributed by atoms with E-state index in [1.165, 1.54) is 6.07 Å². The van der Waals surface area contributed by atoms with E-state index in [2.05, 4.69) is 5.32 Å². The molecule has 0 aliphatic carbocycles. The van der Waals surface area contributed by atoms with Crippen LogP contribution in [-0.4, -0.2) is 5.54 Å². The van der Waals surface area contributed by atoms with Crippen LogP contribution in [-0.2, 0) is 12.6 Å². The minimum Gasteiger partial charge on any atom is -0.379 e. The zero-order valence-corrected chi connectivity index (χ0v) is 9.28. The molecular formula is C12H14F3N. The number of alkyl halides is 3. The smallest absolute Gasteiger partial charge is 0.379 e. The Morgan fingerprint density at radius 3 is 2.62 bits per heavy atom. The normalized spacial score (nSPS) is 24.1. The van der Waals surface area contributed by atoms with E-state index in [0.29, 0.717) is 5.69 Å². The van der Waals surface area contributed by atoms with E-state index >= 15 is 0 Å². The molecule has 1 aromatic carbocycles. The second-order valence-electron chi connectivity index (χ2n) is 4.59. The minimum atomic E-state index is -4.26.